The first kappa shape index (κ1) is 11.3. The molecule has 0 atom stereocenters. The lowest BCUT2D eigenvalue weighted by Crippen LogP contribution is -2.26. The number of hydrogen-bond donors (Lipinski definition) is 1. The highest BCUT2D eigenvalue weighted by molar-refractivity contribution is 7.15. The first-order chi connectivity index (χ1) is 7.63. The fourth-order valence-corrected chi connectivity index (χ4v) is 2.43. The smallest absolute Gasteiger partial charge is 0.123 e. The topological polar surface area (TPSA) is 38.9 Å². The van der Waals surface area contributed by atoms with Crippen LogP contribution in [-0.2, 0) is 5.41 Å². The predicted molar refractivity (Wildman–Crippen MR) is 69.6 cm³/mol. The molecule has 0 saturated carbocycles. The predicted octanol–water partition coefficient (Wildman–Crippen LogP) is 3.05. The zero-order valence-corrected chi connectivity index (χ0v) is 10.4. The summed E-state index contributed by atoms with van der Waals surface area (Å²) < 4.78 is 0. The van der Waals surface area contributed by atoms with Crippen molar-refractivity contribution in [2.45, 2.75) is 19.3 Å². The molecular formula is C13H16N2S. The van der Waals surface area contributed by atoms with Gasteiger partial charge in [-0.3, -0.25) is 0 Å². The first-order valence-electron chi connectivity index (χ1n) is 5.35. The van der Waals surface area contributed by atoms with Crippen molar-refractivity contribution in [1.29, 1.82) is 0 Å². The Morgan fingerprint density at radius 1 is 1.25 bits per heavy atom. The van der Waals surface area contributed by atoms with Crippen LogP contribution in [0.4, 0.5) is 0 Å². The van der Waals surface area contributed by atoms with Gasteiger partial charge in [-0.2, -0.15) is 0 Å². The van der Waals surface area contributed by atoms with Gasteiger partial charge in [0.25, 0.3) is 0 Å². The Kier molecular flexibility index (Phi) is 3.08. The van der Waals surface area contributed by atoms with Crippen molar-refractivity contribution in [3.63, 3.8) is 0 Å². The molecule has 1 heterocycles. The number of benzene rings is 1. The monoisotopic (exact) mass is 232 g/mol. The normalized spacial score (nSPS) is 11.7. The summed E-state index contributed by atoms with van der Waals surface area (Å²) in [5.74, 6) is 0. The lowest BCUT2D eigenvalue weighted by atomic mass is 9.93. The second kappa shape index (κ2) is 4.36. The van der Waals surface area contributed by atoms with Crippen molar-refractivity contribution in [3.05, 3.63) is 41.4 Å². The van der Waals surface area contributed by atoms with Crippen LogP contribution in [0.5, 0.6) is 0 Å². The molecule has 0 saturated heterocycles. The van der Waals surface area contributed by atoms with Crippen molar-refractivity contribution in [1.82, 2.24) is 4.98 Å². The van der Waals surface area contributed by atoms with Gasteiger partial charge < -0.3 is 5.73 Å². The molecule has 2 aromatic rings. The van der Waals surface area contributed by atoms with Crippen molar-refractivity contribution in [2.75, 3.05) is 6.54 Å². The standard InChI is InChI=1S/C13H16N2S/c1-13(2,9-14)11-8-15-12(16-11)10-6-4-3-5-7-10/h3-8H,9,14H2,1-2H3. The largest absolute Gasteiger partial charge is 0.330 e. The molecule has 1 aromatic heterocycles. The second-order valence-corrected chi connectivity index (χ2v) is 5.51. The summed E-state index contributed by atoms with van der Waals surface area (Å²) in [6.45, 7) is 4.94. The highest BCUT2D eigenvalue weighted by Gasteiger charge is 2.21. The molecular weight excluding hydrogens is 216 g/mol. The number of nitrogens with two attached hydrogens (primary N) is 1. The van der Waals surface area contributed by atoms with Gasteiger partial charge in [0.1, 0.15) is 5.01 Å². The van der Waals surface area contributed by atoms with Crippen LogP contribution in [0.3, 0.4) is 0 Å². The van der Waals surface area contributed by atoms with E-state index in [9.17, 15) is 0 Å². The van der Waals surface area contributed by atoms with E-state index < -0.39 is 0 Å². The third-order valence-corrected chi connectivity index (χ3v) is 4.12. The SMILES string of the molecule is CC(C)(CN)c1cnc(-c2ccccc2)s1. The molecule has 0 bridgehead atoms. The maximum atomic E-state index is 5.77. The fraction of sp³-hybridized carbons (Fsp3) is 0.308. The summed E-state index contributed by atoms with van der Waals surface area (Å²) in [5.41, 5.74) is 6.96. The van der Waals surface area contributed by atoms with E-state index in [0.29, 0.717) is 6.54 Å². The maximum absolute atomic E-state index is 5.77. The molecule has 0 aliphatic rings. The molecule has 2 N–H and O–H groups in total. The average molecular weight is 232 g/mol. The highest BCUT2D eigenvalue weighted by atomic mass is 32.1. The van der Waals surface area contributed by atoms with Crippen molar-refractivity contribution < 1.29 is 0 Å². The Morgan fingerprint density at radius 2 is 1.94 bits per heavy atom. The van der Waals surface area contributed by atoms with Crippen LogP contribution in [-0.4, -0.2) is 11.5 Å². The van der Waals surface area contributed by atoms with Gasteiger partial charge >= 0.3 is 0 Å². The van der Waals surface area contributed by atoms with Gasteiger partial charge in [-0.1, -0.05) is 44.2 Å². The third kappa shape index (κ3) is 2.15. The van der Waals surface area contributed by atoms with E-state index in [1.165, 1.54) is 10.4 Å². The molecule has 16 heavy (non-hydrogen) atoms. The van der Waals surface area contributed by atoms with Gasteiger partial charge in [0.2, 0.25) is 0 Å². The number of nitrogens with zero attached hydrogens (tertiary/aromatic N) is 1. The molecule has 3 heteroatoms. The minimum atomic E-state index is 0.0185. The summed E-state index contributed by atoms with van der Waals surface area (Å²) in [7, 11) is 0. The highest BCUT2D eigenvalue weighted by Crippen LogP contribution is 2.32. The number of aromatic nitrogens is 1. The number of thiazole rings is 1. The molecule has 1 aromatic carbocycles. The van der Waals surface area contributed by atoms with Gasteiger partial charge in [0.05, 0.1) is 0 Å². The number of rotatable bonds is 3. The van der Waals surface area contributed by atoms with E-state index in [1.807, 2.05) is 24.4 Å². The molecule has 0 unspecified atom stereocenters. The van der Waals surface area contributed by atoms with Gasteiger partial charge in [-0.25, -0.2) is 4.98 Å². The van der Waals surface area contributed by atoms with E-state index in [4.69, 9.17) is 5.73 Å². The molecule has 2 rings (SSSR count). The van der Waals surface area contributed by atoms with Crippen LogP contribution in [0.1, 0.15) is 18.7 Å². The number of hydrogen-bond acceptors (Lipinski definition) is 3. The van der Waals surface area contributed by atoms with Crippen LogP contribution >= 0.6 is 11.3 Å². The van der Waals surface area contributed by atoms with Crippen molar-refractivity contribution in [2.24, 2.45) is 5.73 Å². The average Bonchev–Trinajstić information content (AvgIpc) is 2.80. The zero-order valence-electron chi connectivity index (χ0n) is 9.60. The van der Waals surface area contributed by atoms with E-state index in [0.717, 1.165) is 5.01 Å². The molecule has 0 aliphatic carbocycles. The van der Waals surface area contributed by atoms with E-state index in [2.05, 4.69) is 31.0 Å². The minimum absolute atomic E-state index is 0.0185. The van der Waals surface area contributed by atoms with Crippen molar-refractivity contribution >= 4 is 11.3 Å². The van der Waals surface area contributed by atoms with E-state index in [1.54, 1.807) is 11.3 Å². The summed E-state index contributed by atoms with van der Waals surface area (Å²) in [6, 6.07) is 10.2. The lowest BCUT2D eigenvalue weighted by molar-refractivity contribution is 0.549. The first-order valence-corrected chi connectivity index (χ1v) is 6.17. The molecule has 0 spiro atoms. The Balaban J connectivity index is 2.34. The van der Waals surface area contributed by atoms with Gasteiger partial charge in [-0.05, 0) is 0 Å². The zero-order chi connectivity index (χ0) is 11.6. The molecule has 84 valence electrons. The van der Waals surface area contributed by atoms with Gasteiger partial charge in [-0.15, -0.1) is 11.3 Å². The lowest BCUT2D eigenvalue weighted by Gasteiger charge is -2.19. The van der Waals surface area contributed by atoms with Gasteiger partial charge in [0.15, 0.2) is 0 Å². The Labute approximate surface area is 100 Å². The van der Waals surface area contributed by atoms with E-state index >= 15 is 0 Å². The van der Waals surface area contributed by atoms with Crippen LogP contribution in [0.15, 0.2) is 36.5 Å². The summed E-state index contributed by atoms with van der Waals surface area (Å²) in [4.78, 5) is 5.71. The third-order valence-electron chi connectivity index (χ3n) is 2.70. The second-order valence-electron chi connectivity index (χ2n) is 4.48. The van der Waals surface area contributed by atoms with Crippen LogP contribution in [0.2, 0.25) is 0 Å². The van der Waals surface area contributed by atoms with Crippen molar-refractivity contribution in [3.8, 4) is 10.6 Å². The quantitative estimate of drug-likeness (QED) is 0.883. The van der Waals surface area contributed by atoms with E-state index in [-0.39, 0.29) is 5.41 Å². The fourth-order valence-electron chi connectivity index (χ4n) is 1.40. The molecule has 0 aliphatic heterocycles. The summed E-state index contributed by atoms with van der Waals surface area (Å²) in [5, 5.41) is 1.07. The Hall–Kier alpha value is -1.19. The molecule has 2 nitrogen and oxygen atoms in total. The van der Waals surface area contributed by atoms with Gasteiger partial charge in [0, 0.05) is 28.6 Å². The minimum Gasteiger partial charge on any atom is -0.330 e. The Bertz CT molecular complexity index is 460. The molecule has 0 amide bonds. The van der Waals surface area contributed by atoms with Crippen LogP contribution < -0.4 is 5.73 Å². The van der Waals surface area contributed by atoms with Crippen LogP contribution in [0, 0.1) is 0 Å². The summed E-state index contributed by atoms with van der Waals surface area (Å²) in [6.07, 6.45) is 1.94. The summed E-state index contributed by atoms with van der Waals surface area (Å²) >= 11 is 1.73. The molecule has 0 fully saturated rings. The maximum Gasteiger partial charge on any atom is 0.123 e. The Morgan fingerprint density at radius 3 is 2.56 bits per heavy atom. The van der Waals surface area contributed by atoms with Crippen LogP contribution in [0.25, 0.3) is 10.6 Å². The molecule has 0 radical (unpaired) electrons.